The molecular weight excluding hydrogens is 315 g/mol. The maximum absolute atomic E-state index is 14.1. The SMILES string of the molecule is O=C(NC1(C(=O)O)CCCC1)c1cc(N2CCCC2=O)ccc1F. The largest absolute Gasteiger partial charge is 0.480 e. The van der Waals surface area contributed by atoms with Gasteiger partial charge in [0.2, 0.25) is 5.91 Å². The van der Waals surface area contributed by atoms with E-state index in [4.69, 9.17) is 0 Å². The lowest BCUT2D eigenvalue weighted by molar-refractivity contribution is -0.144. The molecule has 1 aliphatic carbocycles. The first-order valence-corrected chi connectivity index (χ1v) is 8.09. The summed E-state index contributed by atoms with van der Waals surface area (Å²) >= 11 is 0. The molecule has 0 radical (unpaired) electrons. The van der Waals surface area contributed by atoms with Crippen LogP contribution < -0.4 is 10.2 Å². The van der Waals surface area contributed by atoms with E-state index in [0.717, 1.165) is 12.5 Å². The molecule has 3 rings (SSSR count). The van der Waals surface area contributed by atoms with Crippen molar-refractivity contribution in [1.29, 1.82) is 0 Å². The number of carbonyl (C=O) groups excluding carboxylic acids is 2. The fraction of sp³-hybridized carbons (Fsp3) is 0.471. The number of rotatable bonds is 4. The Balaban J connectivity index is 1.86. The van der Waals surface area contributed by atoms with Gasteiger partial charge >= 0.3 is 5.97 Å². The lowest BCUT2D eigenvalue weighted by Gasteiger charge is -2.25. The molecule has 1 saturated heterocycles. The number of hydrogen-bond donors (Lipinski definition) is 2. The van der Waals surface area contributed by atoms with E-state index in [-0.39, 0.29) is 11.5 Å². The first-order chi connectivity index (χ1) is 11.4. The van der Waals surface area contributed by atoms with Gasteiger partial charge < -0.3 is 15.3 Å². The minimum atomic E-state index is -1.33. The summed E-state index contributed by atoms with van der Waals surface area (Å²) in [6, 6.07) is 3.91. The Bertz CT molecular complexity index is 698. The highest BCUT2D eigenvalue weighted by Gasteiger charge is 2.43. The Hall–Kier alpha value is -2.44. The Morgan fingerprint density at radius 3 is 2.50 bits per heavy atom. The van der Waals surface area contributed by atoms with Crippen molar-refractivity contribution in [3.8, 4) is 0 Å². The standard InChI is InChI=1S/C17H19FN2O4/c18-13-6-5-11(20-9-3-4-14(20)21)10-12(13)15(22)19-17(16(23)24)7-1-2-8-17/h5-6,10H,1-4,7-9H2,(H,19,22)(H,23,24). The smallest absolute Gasteiger partial charge is 0.329 e. The van der Waals surface area contributed by atoms with Gasteiger partial charge in [0.1, 0.15) is 11.4 Å². The Labute approximate surface area is 138 Å². The summed E-state index contributed by atoms with van der Waals surface area (Å²) in [6.45, 7) is 0.532. The lowest BCUT2D eigenvalue weighted by Crippen LogP contribution is -2.52. The van der Waals surface area contributed by atoms with Crippen LogP contribution in [0, 0.1) is 5.82 Å². The van der Waals surface area contributed by atoms with Crippen LogP contribution in [0.5, 0.6) is 0 Å². The van der Waals surface area contributed by atoms with Crippen molar-refractivity contribution in [2.45, 2.75) is 44.1 Å². The average Bonchev–Trinajstić information content (AvgIpc) is 3.18. The molecule has 2 fully saturated rings. The molecule has 6 nitrogen and oxygen atoms in total. The molecule has 0 unspecified atom stereocenters. The highest BCUT2D eigenvalue weighted by atomic mass is 19.1. The number of carboxylic acids is 1. The van der Waals surface area contributed by atoms with Crippen molar-refractivity contribution in [3.63, 3.8) is 0 Å². The molecule has 1 saturated carbocycles. The maximum Gasteiger partial charge on any atom is 0.329 e. The zero-order chi connectivity index (χ0) is 17.3. The van der Waals surface area contributed by atoms with Gasteiger partial charge in [0.05, 0.1) is 5.56 Å². The normalized spacial score (nSPS) is 19.5. The second-order valence-corrected chi connectivity index (χ2v) is 6.36. The topological polar surface area (TPSA) is 86.7 Å². The van der Waals surface area contributed by atoms with Gasteiger partial charge in [-0.1, -0.05) is 12.8 Å². The molecule has 0 bridgehead atoms. The number of nitrogens with one attached hydrogen (secondary N) is 1. The Morgan fingerprint density at radius 2 is 1.92 bits per heavy atom. The van der Waals surface area contributed by atoms with Gasteiger partial charge in [-0.3, -0.25) is 9.59 Å². The third kappa shape index (κ3) is 2.86. The molecule has 0 spiro atoms. The second-order valence-electron chi connectivity index (χ2n) is 6.36. The fourth-order valence-electron chi connectivity index (χ4n) is 3.43. The minimum Gasteiger partial charge on any atom is -0.480 e. The highest BCUT2D eigenvalue weighted by Crippen LogP contribution is 2.31. The lowest BCUT2D eigenvalue weighted by atomic mass is 9.97. The average molecular weight is 334 g/mol. The fourth-order valence-corrected chi connectivity index (χ4v) is 3.43. The number of anilines is 1. The summed E-state index contributed by atoms with van der Waals surface area (Å²) in [7, 11) is 0. The van der Waals surface area contributed by atoms with E-state index in [1.165, 1.54) is 17.0 Å². The predicted octanol–water partition coefficient (Wildman–Crippen LogP) is 2.08. The van der Waals surface area contributed by atoms with Crippen molar-refractivity contribution in [3.05, 3.63) is 29.6 Å². The zero-order valence-electron chi connectivity index (χ0n) is 13.2. The number of carboxylic acid groups (broad SMARTS) is 1. The van der Waals surface area contributed by atoms with Crippen molar-refractivity contribution >= 4 is 23.5 Å². The van der Waals surface area contributed by atoms with E-state index in [0.29, 0.717) is 44.3 Å². The number of halogens is 1. The molecule has 1 aromatic carbocycles. The van der Waals surface area contributed by atoms with Crippen LogP contribution in [0.3, 0.4) is 0 Å². The summed E-state index contributed by atoms with van der Waals surface area (Å²) in [6.07, 6.45) is 3.23. The maximum atomic E-state index is 14.1. The molecule has 1 heterocycles. The molecule has 2 aliphatic rings. The van der Waals surface area contributed by atoms with Gasteiger partial charge in [-0.2, -0.15) is 0 Å². The summed E-state index contributed by atoms with van der Waals surface area (Å²) < 4.78 is 14.1. The Kier molecular flexibility index (Phi) is 4.26. The Morgan fingerprint density at radius 1 is 1.21 bits per heavy atom. The molecule has 2 amide bonds. The van der Waals surface area contributed by atoms with Gasteiger partial charge in [-0.05, 0) is 37.5 Å². The van der Waals surface area contributed by atoms with Gasteiger partial charge in [0.25, 0.3) is 5.91 Å². The van der Waals surface area contributed by atoms with E-state index in [9.17, 15) is 23.9 Å². The molecule has 24 heavy (non-hydrogen) atoms. The molecule has 0 aromatic heterocycles. The van der Waals surface area contributed by atoms with E-state index >= 15 is 0 Å². The predicted molar refractivity (Wildman–Crippen MR) is 84.3 cm³/mol. The van der Waals surface area contributed by atoms with Crippen LogP contribution in [-0.4, -0.2) is 35.0 Å². The van der Waals surface area contributed by atoms with Crippen molar-refractivity contribution in [2.24, 2.45) is 0 Å². The zero-order valence-corrected chi connectivity index (χ0v) is 13.2. The molecule has 1 aromatic rings. The van der Waals surface area contributed by atoms with E-state index < -0.39 is 23.2 Å². The monoisotopic (exact) mass is 334 g/mol. The molecular formula is C17H19FN2O4. The number of carbonyl (C=O) groups is 3. The first-order valence-electron chi connectivity index (χ1n) is 8.09. The number of benzene rings is 1. The number of aliphatic carboxylic acids is 1. The van der Waals surface area contributed by atoms with Gasteiger partial charge in [-0.15, -0.1) is 0 Å². The van der Waals surface area contributed by atoms with Crippen LogP contribution in [0.15, 0.2) is 18.2 Å². The molecule has 7 heteroatoms. The second kappa shape index (κ2) is 6.22. The van der Waals surface area contributed by atoms with Crippen molar-refractivity contribution in [2.75, 3.05) is 11.4 Å². The van der Waals surface area contributed by atoms with Crippen molar-refractivity contribution in [1.82, 2.24) is 5.32 Å². The van der Waals surface area contributed by atoms with E-state index in [1.807, 2.05) is 0 Å². The number of nitrogens with zero attached hydrogens (tertiary/aromatic N) is 1. The summed E-state index contributed by atoms with van der Waals surface area (Å²) in [5.41, 5.74) is -1.11. The molecule has 1 aliphatic heterocycles. The summed E-state index contributed by atoms with van der Waals surface area (Å²) in [5.74, 6) is -2.66. The van der Waals surface area contributed by atoms with Gasteiger partial charge in [0.15, 0.2) is 0 Å². The van der Waals surface area contributed by atoms with Crippen LogP contribution in [0.1, 0.15) is 48.9 Å². The van der Waals surface area contributed by atoms with Gasteiger partial charge in [-0.25, -0.2) is 9.18 Å². The number of hydrogen-bond acceptors (Lipinski definition) is 3. The van der Waals surface area contributed by atoms with Crippen LogP contribution in [0.25, 0.3) is 0 Å². The van der Waals surface area contributed by atoms with Crippen LogP contribution in [-0.2, 0) is 9.59 Å². The van der Waals surface area contributed by atoms with Gasteiger partial charge in [0, 0.05) is 18.7 Å². The van der Waals surface area contributed by atoms with E-state index in [1.54, 1.807) is 0 Å². The molecule has 0 atom stereocenters. The third-order valence-corrected chi connectivity index (χ3v) is 4.80. The summed E-state index contributed by atoms with van der Waals surface area (Å²) in [5, 5.41) is 11.9. The minimum absolute atomic E-state index is 0.0641. The van der Waals surface area contributed by atoms with Crippen LogP contribution in [0.4, 0.5) is 10.1 Å². The van der Waals surface area contributed by atoms with Crippen LogP contribution >= 0.6 is 0 Å². The first kappa shape index (κ1) is 16.4. The van der Waals surface area contributed by atoms with Crippen molar-refractivity contribution < 1.29 is 23.9 Å². The highest BCUT2D eigenvalue weighted by molar-refractivity contribution is 6.01. The molecule has 2 N–H and O–H groups in total. The summed E-state index contributed by atoms with van der Waals surface area (Å²) in [4.78, 5) is 37.3. The van der Waals surface area contributed by atoms with Crippen LogP contribution in [0.2, 0.25) is 0 Å². The van der Waals surface area contributed by atoms with E-state index in [2.05, 4.69) is 5.32 Å². The third-order valence-electron chi connectivity index (χ3n) is 4.80. The number of amides is 2. The quantitative estimate of drug-likeness (QED) is 0.882. The molecule has 128 valence electrons.